The highest BCUT2D eigenvalue weighted by Gasteiger charge is 2.19. The Morgan fingerprint density at radius 2 is 1.96 bits per heavy atom. The number of methoxy groups -OCH3 is 1. The number of furan rings is 1. The summed E-state index contributed by atoms with van der Waals surface area (Å²) in [6.45, 7) is 1.35. The highest BCUT2D eigenvalue weighted by atomic mass is 32.2. The second-order valence-corrected chi connectivity index (χ2v) is 7.38. The van der Waals surface area contributed by atoms with Crippen LogP contribution in [0.5, 0.6) is 0 Å². The third-order valence-corrected chi connectivity index (χ3v) is 5.23. The smallest absolute Gasteiger partial charge is 0.341 e. The van der Waals surface area contributed by atoms with E-state index in [1.54, 1.807) is 6.92 Å². The fourth-order valence-corrected chi connectivity index (χ4v) is 3.52. The summed E-state index contributed by atoms with van der Waals surface area (Å²) in [4.78, 5) is 39.0. The molecule has 0 aliphatic carbocycles. The molecule has 0 aliphatic heterocycles. The van der Waals surface area contributed by atoms with Gasteiger partial charge < -0.3 is 14.1 Å². The molecule has 1 aromatic carbocycles. The fourth-order valence-electron chi connectivity index (χ4n) is 2.50. The van der Waals surface area contributed by atoms with Gasteiger partial charge in [-0.1, -0.05) is 0 Å². The molecule has 0 unspecified atom stereocenters. The van der Waals surface area contributed by atoms with Crippen LogP contribution in [0.4, 0.5) is 0 Å². The summed E-state index contributed by atoms with van der Waals surface area (Å²) < 4.78 is 37.2. The van der Waals surface area contributed by atoms with Crippen molar-refractivity contribution >= 4 is 26.9 Å². The second-order valence-electron chi connectivity index (χ2n) is 5.61. The van der Waals surface area contributed by atoms with E-state index >= 15 is 0 Å². The maximum Gasteiger partial charge on any atom is 0.341 e. The SMILES string of the molecule is COC(=O)c1cc(CNS(=O)(=O)c2ccc3[nH]c(=O)[nH]c(=O)c3c2)oc1C. The van der Waals surface area contributed by atoms with Crippen LogP contribution < -0.4 is 16.0 Å². The first-order chi connectivity index (χ1) is 12.7. The molecule has 0 fully saturated rings. The van der Waals surface area contributed by atoms with Crippen LogP contribution in [0.1, 0.15) is 21.9 Å². The third kappa shape index (κ3) is 3.68. The number of sulfonamides is 1. The van der Waals surface area contributed by atoms with Crippen molar-refractivity contribution in [3.05, 3.63) is 62.2 Å². The minimum absolute atomic E-state index is 0.0271. The number of aromatic amines is 2. The highest BCUT2D eigenvalue weighted by molar-refractivity contribution is 7.89. The predicted molar refractivity (Wildman–Crippen MR) is 94.0 cm³/mol. The van der Waals surface area contributed by atoms with Crippen molar-refractivity contribution in [1.82, 2.24) is 14.7 Å². The van der Waals surface area contributed by atoms with Crippen molar-refractivity contribution in [2.24, 2.45) is 0 Å². The molecular formula is C16H15N3O7S. The highest BCUT2D eigenvalue weighted by Crippen LogP contribution is 2.18. The zero-order valence-corrected chi connectivity index (χ0v) is 15.1. The van der Waals surface area contributed by atoms with Gasteiger partial charge in [0, 0.05) is 0 Å². The first-order valence-corrected chi connectivity index (χ1v) is 9.13. The van der Waals surface area contributed by atoms with Crippen molar-refractivity contribution in [2.75, 3.05) is 7.11 Å². The lowest BCUT2D eigenvalue weighted by Crippen LogP contribution is -2.25. The van der Waals surface area contributed by atoms with Crippen molar-refractivity contribution in [3.63, 3.8) is 0 Å². The monoisotopic (exact) mass is 393 g/mol. The van der Waals surface area contributed by atoms with E-state index in [1.165, 1.54) is 25.3 Å². The number of hydrogen-bond donors (Lipinski definition) is 3. The summed E-state index contributed by atoms with van der Waals surface area (Å²) >= 11 is 0. The molecule has 0 atom stereocenters. The molecule has 3 N–H and O–H groups in total. The normalized spacial score (nSPS) is 11.6. The van der Waals surface area contributed by atoms with E-state index in [1.807, 2.05) is 4.98 Å². The van der Waals surface area contributed by atoms with Gasteiger partial charge >= 0.3 is 11.7 Å². The van der Waals surface area contributed by atoms with Gasteiger partial charge in [-0.2, -0.15) is 0 Å². The summed E-state index contributed by atoms with van der Waals surface area (Å²) in [7, 11) is -2.75. The van der Waals surface area contributed by atoms with Crippen LogP contribution in [-0.4, -0.2) is 31.5 Å². The van der Waals surface area contributed by atoms with Crippen LogP contribution in [0, 0.1) is 6.92 Å². The van der Waals surface area contributed by atoms with Gasteiger partial charge in [-0.15, -0.1) is 0 Å². The molecule has 0 amide bonds. The standard InChI is InChI=1S/C16H15N3O7S/c1-8-11(15(21)25-2)5-9(26-8)7-17-27(23,24)10-3-4-13-12(6-10)14(20)19-16(22)18-13/h3-6,17H,7H2,1-2H3,(H2,18,19,20,22). The number of H-pyrrole nitrogens is 2. The zero-order valence-electron chi connectivity index (χ0n) is 14.3. The van der Waals surface area contributed by atoms with Gasteiger partial charge in [-0.25, -0.2) is 22.7 Å². The van der Waals surface area contributed by atoms with E-state index in [-0.39, 0.29) is 33.7 Å². The van der Waals surface area contributed by atoms with Crippen LogP contribution in [0.15, 0.2) is 43.2 Å². The Labute approximate surface area is 152 Å². The molecule has 0 aliphatic rings. The number of nitrogens with one attached hydrogen (secondary N) is 3. The minimum atomic E-state index is -3.98. The Kier molecular flexibility index (Phi) is 4.72. The van der Waals surface area contributed by atoms with Gasteiger partial charge in [0.2, 0.25) is 10.0 Å². The molecule has 0 bridgehead atoms. The lowest BCUT2D eigenvalue weighted by atomic mass is 10.2. The lowest BCUT2D eigenvalue weighted by molar-refractivity contribution is 0.0599. The Balaban J connectivity index is 1.87. The average molecular weight is 393 g/mol. The lowest BCUT2D eigenvalue weighted by Gasteiger charge is -2.06. The molecule has 27 heavy (non-hydrogen) atoms. The number of fused-ring (bicyclic) bond motifs is 1. The summed E-state index contributed by atoms with van der Waals surface area (Å²) in [6, 6.07) is 5.12. The molecule has 0 radical (unpaired) electrons. The van der Waals surface area contributed by atoms with Crippen LogP contribution in [-0.2, 0) is 21.3 Å². The number of rotatable bonds is 5. The minimum Gasteiger partial charge on any atom is -0.465 e. The third-order valence-electron chi connectivity index (χ3n) is 3.83. The largest absolute Gasteiger partial charge is 0.465 e. The molecule has 10 nitrogen and oxygen atoms in total. The molecule has 3 rings (SSSR count). The van der Waals surface area contributed by atoms with E-state index in [0.717, 1.165) is 6.07 Å². The van der Waals surface area contributed by atoms with Crippen molar-refractivity contribution < 1.29 is 22.4 Å². The van der Waals surface area contributed by atoms with E-state index < -0.39 is 27.2 Å². The molecule has 3 aromatic rings. The van der Waals surface area contributed by atoms with E-state index in [4.69, 9.17) is 4.42 Å². The van der Waals surface area contributed by atoms with E-state index in [2.05, 4.69) is 14.4 Å². The number of esters is 1. The number of benzene rings is 1. The van der Waals surface area contributed by atoms with Crippen molar-refractivity contribution in [1.29, 1.82) is 0 Å². The summed E-state index contributed by atoms with van der Waals surface area (Å²) in [6.07, 6.45) is 0. The van der Waals surface area contributed by atoms with Gasteiger partial charge in [0.05, 0.1) is 29.5 Å². The summed E-state index contributed by atoms with van der Waals surface area (Å²) in [5, 5.41) is 0.0271. The Hall–Kier alpha value is -3.18. The zero-order chi connectivity index (χ0) is 19.8. The molecule has 0 saturated heterocycles. The topological polar surface area (TPSA) is 151 Å². The number of aryl methyl sites for hydroxylation is 1. The van der Waals surface area contributed by atoms with Gasteiger partial charge in [0.1, 0.15) is 17.1 Å². The van der Waals surface area contributed by atoms with Crippen LogP contribution in [0.3, 0.4) is 0 Å². The van der Waals surface area contributed by atoms with Crippen molar-refractivity contribution in [3.8, 4) is 0 Å². The van der Waals surface area contributed by atoms with E-state index in [9.17, 15) is 22.8 Å². The average Bonchev–Trinajstić information content (AvgIpc) is 3.00. The van der Waals surface area contributed by atoms with Crippen LogP contribution in [0.2, 0.25) is 0 Å². The van der Waals surface area contributed by atoms with E-state index in [0.29, 0.717) is 5.76 Å². The van der Waals surface area contributed by atoms with Gasteiger partial charge in [-0.05, 0) is 31.2 Å². The number of hydrogen-bond acceptors (Lipinski definition) is 7. The number of carbonyl (C=O) groups excluding carboxylic acids is 1. The molecule has 2 aromatic heterocycles. The van der Waals surface area contributed by atoms with Gasteiger partial charge in [-0.3, -0.25) is 9.78 Å². The number of carbonyl (C=O) groups is 1. The maximum atomic E-state index is 12.5. The first-order valence-electron chi connectivity index (χ1n) is 7.65. The summed E-state index contributed by atoms with van der Waals surface area (Å²) in [5.74, 6) is -0.0650. The Morgan fingerprint density at radius 3 is 2.67 bits per heavy atom. The molecular weight excluding hydrogens is 378 g/mol. The summed E-state index contributed by atoms with van der Waals surface area (Å²) in [5.41, 5.74) is -0.967. The van der Waals surface area contributed by atoms with Crippen molar-refractivity contribution in [2.45, 2.75) is 18.4 Å². The quantitative estimate of drug-likeness (QED) is 0.530. The molecule has 0 saturated carbocycles. The fraction of sp³-hybridized carbons (Fsp3) is 0.188. The Bertz CT molecular complexity index is 1250. The maximum absolute atomic E-state index is 12.5. The molecule has 142 valence electrons. The molecule has 0 spiro atoms. The first kappa shape index (κ1) is 18.6. The second kappa shape index (κ2) is 6.85. The van der Waals surface area contributed by atoms with Crippen LogP contribution >= 0.6 is 0 Å². The molecule has 11 heteroatoms. The van der Waals surface area contributed by atoms with Crippen LogP contribution in [0.25, 0.3) is 10.9 Å². The number of aromatic nitrogens is 2. The number of ether oxygens (including phenoxy) is 1. The predicted octanol–water partition coefficient (Wildman–Crippen LogP) is 0.383. The molecule has 2 heterocycles. The van der Waals surface area contributed by atoms with Gasteiger partial charge in [0.15, 0.2) is 0 Å². The Morgan fingerprint density at radius 1 is 1.22 bits per heavy atom. The van der Waals surface area contributed by atoms with Gasteiger partial charge in [0.25, 0.3) is 5.56 Å².